The van der Waals surface area contributed by atoms with Gasteiger partial charge in [-0.1, -0.05) is 12.1 Å². The maximum Gasteiger partial charge on any atom is 0.331 e. The van der Waals surface area contributed by atoms with E-state index in [-0.39, 0.29) is 17.5 Å². The van der Waals surface area contributed by atoms with Gasteiger partial charge in [-0.05, 0) is 37.1 Å². The summed E-state index contributed by atoms with van der Waals surface area (Å²) in [7, 11) is -3.11. The van der Waals surface area contributed by atoms with Gasteiger partial charge in [-0.2, -0.15) is 5.10 Å². The second-order valence-electron chi connectivity index (χ2n) is 6.72. The van der Waals surface area contributed by atoms with Crippen molar-refractivity contribution in [2.75, 3.05) is 23.4 Å². The van der Waals surface area contributed by atoms with Crippen LogP contribution in [0.4, 0.5) is 10.2 Å². The first-order valence-electron chi connectivity index (χ1n) is 8.89. The summed E-state index contributed by atoms with van der Waals surface area (Å²) in [6.45, 7) is 1.20. The summed E-state index contributed by atoms with van der Waals surface area (Å²) in [5.74, 6) is -1.37. The number of halogens is 1. The molecule has 1 atom stereocenters. The van der Waals surface area contributed by atoms with Gasteiger partial charge in [0.2, 0.25) is 0 Å². The molecule has 3 rings (SSSR count). The van der Waals surface area contributed by atoms with E-state index in [1.165, 1.54) is 29.0 Å². The third-order valence-corrected chi connectivity index (χ3v) is 6.04. The van der Waals surface area contributed by atoms with Crippen molar-refractivity contribution < 1.29 is 27.1 Å². The highest BCUT2D eigenvalue weighted by Gasteiger charge is 2.31. The summed E-state index contributed by atoms with van der Waals surface area (Å²) < 4.78 is 42.9. The van der Waals surface area contributed by atoms with Gasteiger partial charge < -0.3 is 10.1 Å². The Morgan fingerprint density at radius 1 is 1.38 bits per heavy atom. The zero-order valence-corrected chi connectivity index (χ0v) is 16.5. The third-order valence-electron chi connectivity index (χ3n) is 4.29. The summed E-state index contributed by atoms with van der Waals surface area (Å²) >= 11 is 0. The number of carbonyl (C=O) groups is 2. The fourth-order valence-corrected chi connectivity index (χ4v) is 4.69. The van der Waals surface area contributed by atoms with Crippen molar-refractivity contribution in [2.24, 2.45) is 0 Å². The van der Waals surface area contributed by atoms with Crippen LogP contribution >= 0.6 is 0 Å². The van der Waals surface area contributed by atoms with Gasteiger partial charge in [0.05, 0.1) is 23.2 Å². The number of ether oxygens (including phenoxy) is 1. The molecule has 1 saturated heterocycles. The maximum atomic E-state index is 13.1. The highest BCUT2D eigenvalue weighted by Crippen LogP contribution is 2.27. The molecule has 1 amide bonds. The lowest BCUT2D eigenvalue weighted by atomic mass is 10.2. The van der Waals surface area contributed by atoms with Crippen molar-refractivity contribution in [3.63, 3.8) is 0 Å². The molecule has 2 aromatic rings. The Morgan fingerprint density at radius 2 is 2.17 bits per heavy atom. The van der Waals surface area contributed by atoms with E-state index in [0.717, 1.165) is 6.08 Å². The van der Waals surface area contributed by atoms with Crippen LogP contribution in [0.1, 0.15) is 23.7 Å². The van der Waals surface area contributed by atoms with Gasteiger partial charge in [-0.3, -0.25) is 4.79 Å². The minimum absolute atomic E-state index is 0.0309. The number of anilines is 1. The molecule has 1 aromatic heterocycles. The third kappa shape index (κ3) is 5.74. The molecule has 0 aliphatic carbocycles. The Balaban J connectivity index is 1.55. The molecule has 1 aliphatic heterocycles. The predicted octanol–water partition coefficient (Wildman–Crippen LogP) is 1.89. The molecule has 0 radical (unpaired) electrons. The van der Waals surface area contributed by atoms with Crippen molar-refractivity contribution in [2.45, 2.75) is 19.4 Å². The van der Waals surface area contributed by atoms with Gasteiger partial charge >= 0.3 is 5.97 Å². The highest BCUT2D eigenvalue weighted by molar-refractivity contribution is 7.91. The number of amides is 1. The number of hydrogen-bond acceptors (Lipinski definition) is 6. The Bertz CT molecular complexity index is 1060. The van der Waals surface area contributed by atoms with Gasteiger partial charge in [0.1, 0.15) is 11.6 Å². The van der Waals surface area contributed by atoms with Crippen molar-refractivity contribution in [1.82, 2.24) is 9.78 Å². The van der Waals surface area contributed by atoms with Gasteiger partial charge in [0.15, 0.2) is 16.4 Å². The van der Waals surface area contributed by atoms with Crippen LogP contribution in [-0.2, 0) is 24.2 Å². The van der Waals surface area contributed by atoms with Crippen LogP contribution in [0.15, 0.2) is 36.4 Å². The number of carbonyl (C=O) groups excluding carboxylic acids is 2. The van der Waals surface area contributed by atoms with Crippen LogP contribution in [-0.4, -0.2) is 48.2 Å². The fraction of sp³-hybridized carbons (Fsp3) is 0.316. The Kier molecular flexibility index (Phi) is 6.12. The van der Waals surface area contributed by atoms with Crippen molar-refractivity contribution in [3.8, 4) is 0 Å². The molecular formula is C19H20FN3O5S. The molecule has 1 aliphatic rings. The second-order valence-corrected chi connectivity index (χ2v) is 8.95. The highest BCUT2D eigenvalue weighted by atomic mass is 32.2. The van der Waals surface area contributed by atoms with E-state index in [2.05, 4.69) is 10.4 Å². The van der Waals surface area contributed by atoms with Crippen LogP contribution in [0, 0.1) is 12.7 Å². The molecule has 0 spiro atoms. The lowest BCUT2D eigenvalue weighted by Crippen LogP contribution is -2.23. The summed E-state index contributed by atoms with van der Waals surface area (Å²) in [6.07, 6.45) is 2.90. The van der Waals surface area contributed by atoms with Gasteiger partial charge in [-0.25, -0.2) is 22.3 Å². The van der Waals surface area contributed by atoms with Crippen LogP contribution in [0.25, 0.3) is 6.08 Å². The van der Waals surface area contributed by atoms with E-state index in [4.69, 9.17) is 4.74 Å². The number of aromatic nitrogens is 2. The van der Waals surface area contributed by atoms with Crippen LogP contribution in [0.2, 0.25) is 0 Å². The first-order chi connectivity index (χ1) is 13.7. The predicted molar refractivity (Wildman–Crippen MR) is 104 cm³/mol. The summed E-state index contributed by atoms with van der Waals surface area (Å²) in [4.78, 5) is 23.9. The van der Waals surface area contributed by atoms with E-state index in [0.29, 0.717) is 23.5 Å². The second kappa shape index (κ2) is 8.56. The van der Waals surface area contributed by atoms with E-state index in [1.807, 2.05) is 0 Å². The quantitative estimate of drug-likeness (QED) is 0.564. The molecule has 1 aromatic carbocycles. The van der Waals surface area contributed by atoms with Crippen molar-refractivity contribution >= 4 is 33.6 Å². The molecule has 8 nitrogen and oxygen atoms in total. The number of nitrogens with zero attached hydrogens (tertiary/aromatic N) is 2. The van der Waals surface area contributed by atoms with Crippen LogP contribution in [0.5, 0.6) is 0 Å². The van der Waals surface area contributed by atoms with E-state index in [9.17, 15) is 22.4 Å². The number of benzene rings is 1. The van der Waals surface area contributed by atoms with Gasteiger partial charge in [-0.15, -0.1) is 0 Å². The molecule has 1 fully saturated rings. The van der Waals surface area contributed by atoms with Crippen molar-refractivity contribution in [1.29, 1.82) is 0 Å². The first kappa shape index (κ1) is 20.7. The normalized spacial score (nSPS) is 18.1. The van der Waals surface area contributed by atoms with Crippen LogP contribution in [0.3, 0.4) is 0 Å². The maximum absolute atomic E-state index is 13.1. The molecule has 1 unspecified atom stereocenters. The minimum Gasteiger partial charge on any atom is -0.452 e. The molecule has 10 heteroatoms. The number of sulfone groups is 1. The van der Waals surface area contributed by atoms with E-state index in [1.54, 1.807) is 19.1 Å². The molecule has 0 saturated carbocycles. The lowest BCUT2D eigenvalue weighted by Gasteiger charge is -2.13. The first-order valence-corrected chi connectivity index (χ1v) is 10.7. The molecule has 1 N–H and O–H groups in total. The number of aryl methyl sites for hydroxylation is 1. The van der Waals surface area contributed by atoms with Gasteiger partial charge in [0, 0.05) is 12.1 Å². The average molecular weight is 421 g/mol. The molecule has 29 heavy (non-hydrogen) atoms. The molecular weight excluding hydrogens is 401 g/mol. The summed E-state index contributed by atoms with van der Waals surface area (Å²) in [5.41, 5.74) is 1.11. The summed E-state index contributed by atoms with van der Waals surface area (Å²) in [6, 6.07) is 6.94. The number of hydrogen-bond donors (Lipinski definition) is 1. The Hall–Kier alpha value is -3.01. The SMILES string of the molecule is Cc1cc(NC(=O)COC(=O)/C=C/c2cccc(F)c2)n(C2CCS(=O)(=O)C2)n1. The topological polar surface area (TPSA) is 107 Å². The number of nitrogens with one attached hydrogen (secondary N) is 1. The smallest absolute Gasteiger partial charge is 0.331 e. The molecule has 154 valence electrons. The Labute approximate surface area is 167 Å². The molecule has 2 heterocycles. The lowest BCUT2D eigenvalue weighted by molar-refractivity contribution is -0.142. The zero-order chi connectivity index (χ0) is 21.0. The molecule has 0 bridgehead atoms. The van der Waals surface area contributed by atoms with Crippen LogP contribution < -0.4 is 5.32 Å². The Morgan fingerprint density at radius 3 is 2.86 bits per heavy atom. The monoisotopic (exact) mass is 421 g/mol. The number of esters is 1. The minimum atomic E-state index is -3.11. The number of rotatable bonds is 6. The largest absolute Gasteiger partial charge is 0.452 e. The fourth-order valence-electron chi connectivity index (χ4n) is 2.99. The zero-order valence-electron chi connectivity index (χ0n) is 15.7. The average Bonchev–Trinajstić information content (AvgIpc) is 3.19. The standard InChI is InChI=1S/C19H20FN3O5S/c1-13-9-17(23(22-13)16-7-8-29(26,27)12-16)21-18(24)11-28-19(25)6-5-14-3-2-4-15(20)10-14/h2-6,9-10,16H,7-8,11-12H2,1H3,(H,21,24)/b6-5+. The summed E-state index contributed by atoms with van der Waals surface area (Å²) in [5, 5.41) is 6.85. The van der Waals surface area contributed by atoms with Crippen molar-refractivity contribution in [3.05, 3.63) is 53.5 Å². The van der Waals surface area contributed by atoms with E-state index >= 15 is 0 Å². The van der Waals surface area contributed by atoms with Gasteiger partial charge in [0.25, 0.3) is 5.91 Å². The van der Waals surface area contributed by atoms with E-state index < -0.39 is 34.1 Å².